The van der Waals surface area contributed by atoms with E-state index in [0.717, 1.165) is 12.4 Å². The molecule has 46 heavy (non-hydrogen) atoms. The van der Waals surface area contributed by atoms with E-state index in [1.165, 1.54) is 19.1 Å². The molecule has 20 heteroatoms. The quantitative estimate of drug-likeness (QED) is 0.0912. The third-order valence-corrected chi connectivity index (χ3v) is 7.37. The number of hydrogen-bond donors (Lipinski definition) is 11. The van der Waals surface area contributed by atoms with Gasteiger partial charge in [0.2, 0.25) is 11.8 Å². The van der Waals surface area contributed by atoms with Crippen LogP contribution in [0.2, 0.25) is 0 Å². The number of carbonyl (C=O) groups excluding carboxylic acids is 2. The van der Waals surface area contributed by atoms with Crippen LogP contribution < -0.4 is 27.6 Å². The summed E-state index contributed by atoms with van der Waals surface area (Å²) in [5, 5.41) is 73.9. The van der Waals surface area contributed by atoms with E-state index >= 15 is 0 Å². The highest BCUT2D eigenvalue weighted by atomic mass is 16.6. The summed E-state index contributed by atoms with van der Waals surface area (Å²) >= 11 is 0. The number of pyridine rings is 1. The highest BCUT2D eigenvalue weighted by Gasteiger charge is 2.51. The number of aromatic hydroxyl groups is 1. The number of aliphatic hydroxyl groups is 4. The second kappa shape index (κ2) is 15.0. The van der Waals surface area contributed by atoms with Crippen molar-refractivity contribution >= 4 is 23.8 Å². The second-order valence-electron chi connectivity index (χ2n) is 10.5. The summed E-state index contributed by atoms with van der Waals surface area (Å²) in [6.45, 7) is 0.521. The smallest absolute Gasteiger partial charge is 0.330 e. The van der Waals surface area contributed by atoms with E-state index in [2.05, 4.69) is 10.3 Å². The number of carboxylic acid groups (broad SMARTS) is 2. The van der Waals surface area contributed by atoms with Crippen LogP contribution in [-0.4, -0.2) is 110 Å². The molecular weight excluding hydrogens is 620 g/mol. The Morgan fingerprint density at radius 1 is 1.11 bits per heavy atom. The minimum Gasteiger partial charge on any atom is -0.506 e. The molecule has 1 fully saturated rings. The average Bonchev–Trinajstić information content (AvgIpc) is 3.29. The fraction of sp³-hybridized carbons (Fsp3) is 0.500. The maximum Gasteiger partial charge on any atom is 0.330 e. The summed E-state index contributed by atoms with van der Waals surface area (Å²) in [6, 6.07) is -2.95. The summed E-state index contributed by atoms with van der Waals surface area (Å²) in [5.41, 5.74) is 3.66. The zero-order valence-corrected chi connectivity index (χ0v) is 24.1. The van der Waals surface area contributed by atoms with Gasteiger partial charge in [0.05, 0.1) is 30.1 Å². The van der Waals surface area contributed by atoms with Crippen LogP contribution in [-0.2, 0) is 30.5 Å². The molecule has 12 N–H and O–H groups in total. The molecule has 20 nitrogen and oxygen atoms in total. The van der Waals surface area contributed by atoms with Crippen molar-refractivity contribution in [3.63, 3.8) is 0 Å². The van der Waals surface area contributed by atoms with Gasteiger partial charge < -0.3 is 56.8 Å². The fourth-order valence-corrected chi connectivity index (χ4v) is 4.63. The highest BCUT2D eigenvalue weighted by Crippen LogP contribution is 2.31. The lowest BCUT2D eigenvalue weighted by Gasteiger charge is -2.30. The molecule has 0 bridgehead atoms. The van der Waals surface area contributed by atoms with Crippen LogP contribution in [0.1, 0.15) is 43.4 Å². The molecule has 1 aliphatic heterocycles. The van der Waals surface area contributed by atoms with Gasteiger partial charge in [-0.05, 0) is 18.6 Å². The molecule has 0 spiro atoms. The van der Waals surface area contributed by atoms with Crippen molar-refractivity contribution in [1.29, 1.82) is 0 Å². The van der Waals surface area contributed by atoms with Gasteiger partial charge in [-0.25, -0.2) is 9.59 Å². The number of nitrogens with one attached hydrogen (secondary N) is 3. The number of aliphatic hydroxyl groups excluding tert-OH is 4. The van der Waals surface area contributed by atoms with E-state index in [9.17, 15) is 59.4 Å². The van der Waals surface area contributed by atoms with Gasteiger partial charge >= 0.3 is 17.6 Å². The van der Waals surface area contributed by atoms with Crippen LogP contribution in [0.3, 0.4) is 0 Å². The Kier molecular flexibility index (Phi) is 11.7. The van der Waals surface area contributed by atoms with Gasteiger partial charge in [0.25, 0.3) is 5.56 Å². The van der Waals surface area contributed by atoms with E-state index in [1.54, 1.807) is 0 Å². The van der Waals surface area contributed by atoms with Gasteiger partial charge in [-0.15, -0.1) is 0 Å². The lowest BCUT2D eigenvalue weighted by atomic mass is 9.92. The number of aromatic nitrogens is 3. The standard InChI is InChI=1S/C26H34N6O14/c1-9(17(37)12-3-2-11(34)6-28-12)15(27)22(41)30-16(23(42)29-13(25(43)44)4-5-14(35)36)20-18(38)19(39)24(46-20)32-7-10(8-33)21(40)31-26(32)45/h2-3,6-7,9,13,15-20,24,33-34,37-39H,4-5,8,27H2,1H3,(H,29,42)(H,30,41)(H,35,36)(H,43,44)(H,31,40,45). The molecule has 0 radical (unpaired) electrons. The molecule has 2 amide bonds. The van der Waals surface area contributed by atoms with Crippen molar-refractivity contribution in [1.82, 2.24) is 25.2 Å². The largest absolute Gasteiger partial charge is 0.506 e. The summed E-state index contributed by atoms with van der Waals surface area (Å²) < 4.78 is 6.21. The molecule has 9 atom stereocenters. The van der Waals surface area contributed by atoms with Crippen LogP contribution in [0.15, 0.2) is 34.1 Å². The van der Waals surface area contributed by atoms with Gasteiger partial charge in [-0.3, -0.25) is 33.7 Å². The molecule has 2 aromatic heterocycles. The lowest BCUT2D eigenvalue weighted by molar-refractivity contribution is -0.145. The number of rotatable bonds is 14. The predicted molar refractivity (Wildman–Crippen MR) is 150 cm³/mol. The van der Waals surface area contributed by atoms with Crippen molar-refractivity contribution < 1.29 is 59.7 Å². The first-order valence-electron chi connectivity index (χ1n) is 13.7. The van der Waals surface area contributed by atoms with Crippen molar-refractivity contribution in [2.75, 3.05) is 0 Å². The molecule has 0 aliphatic carbocycles. The molecule has 9 unspecified atom stereocenters. The maximum absolute atomic E-state index is 13.4. The summed E-state index contributed by atoms with van der Waals surface area (Å²) in [5.74, 6) is -6.78. The number of H-pyrrole nitrogens is 1. The Morgan fingerprint density at radius 2 is 1.78 bits per heavy atom. The first kappa shape index (κ1) is 35.7. The van der Waals surface area contributed by atoms with Crippen molar-refractivity contribution in [3.8, 4) is 5.75 Å². The molecule has 0 saturated carbocycles. The number of nitrogens with zero attached hydrogens (tertiary/aromatic N) is 2. The van der Waals surface area contributed by atoms with Crippen molar-refractivity contribution in [3.05, 3.63) is 56.6 Å². The number of aliphatic carboxylic acids is 2. The van der Waals surface area contributed by atoms with Crippen LogP contribution in [0, 0.1) is 5.92 Å². The van der Waals surface area contributed by atoms with Crippen LogP contribution >= 0.6 is 0 Å². The van der Waals surface area contributed by atoms with Crippen LogP contribution in [0.25, 0.3) is 0 Å². The summed E-state index contributed by atoms with van der Waals surface area (Å²) in [7, 11) is 0. The van der Waals surface area contributed by atoms with E-state index in [-0.39, 0.29) is 17.0 Å². The third kappa shape index (κ3) is 8.10. The van der Waals surface area contributed by atoms with Crippen molar-refractivity contribution in [2.45, 2.75) is 75.1 Å². The number of amides is 2. The Hall–Kier alpha value is -4.73. The number of aromatic amines is 1. The van der Waals surface area contributed by atoms with E-state index in [4.69, 9.17) is 15.6 Å². The minimum atomic E-state index is -2.06. The molecule has 2 aromatic rings. The molecule has 3 rings (SSSR count). The zero-order chi connectivity index (χ0) is 34.5. The third-order valence-electron chi connectivity index (χ3n) is 7.37. The Balaban J connectivity index is 1.94. The van der Waals surface area contributed by atoms with E-state index < -0.39 is 109 Å². The average molecular weight is 655 g/mol. The summed E-state index contributed by atoms with van der Waals surface area (Å²) in [4.78, 5) is 79.6. The molecule has 1 aliphatic rings. The minimum absolute atomic E-state index is 0.0275. The highest BCUT2D eigenvalue weighted by molar-refractivity contribution is 5.92. The van der Waals surface area contributed by atoms with Crippen LogP contribution in [0.5, 0.6) is 5.75 Å². The van der Waals surface area contributed by atoms with Gasteiger partial charge in [0.1, 0.15) is 42.2 Å². The van der Waals surface area contributed by atoms with Gasteiger partial charge in [0.15, 0.2) is 6.23 Å². The van der Waals surface area contributed by atoms with Gasteiger partial charge in [-0.1, -0.05) is 6.92 Å². The van der Waals surface area contributed by atoms with Crippen LogP contribution in [0.4, 0.5) is 0 Å². The topological polar surface area (TPSA) is 337 Å². The number of hydrogen-bond acceptors (Lipinski definition) is 14. The Morgan fingerprint density at radius 3 is 2.35 bits per heavy atom. The molecule has 252 valence electrons. The molecule has 1 saturated heterocycles. The lowest BCUT2D eigenvalue weighted by Crippen LogP contribution is -2.61. The van der Waals surface area contributed by atoms with Gasteiger partial charge in [-0.2, -0.15) is 0 Å². The number of carboxylic acids is 2. The molecule has 0 aromatic carbocycles. The molecule has 3 heterocycles. The number of carbonyl (C=O) groups is 4. The van der Waals surface area contributed by atoms with E-state index in [1.807, 2.05) is 10.3 Å². The number of nitrogens with two attached hydrogens (primary N) is 1. The Labute approximate surface area is 258 Å². The SMILES string of the molecule is CC(C(N)C(=O)NC(C(=O)NC(CCC(=O)O)C(=O)O)C1OC(n2cc(CO)c(=O)[nH]c2=O)C(O)C1O)C(O)c1ccc(O)cn1. The maximum atomic E-state index is 13.4. The Bertz CT molecular complexity index is 1540. The number of ether oxygens (including phenoxy) is 1. The second-order valence-corrected chi connectivity index (χ2v) is 10.5. The first-order chi connectivity index (χ1) is 21.6. The van der Waals surface area contributed by atoms with E-state index in [0.29, 0.717) is 4.57 Å². The fourth-order valence-electron chi connectivity index (χ4n) is 4.63. The van der Waals surface area contributed by atoms with Gasteiger partial charge in [0, 0.05) is 18.5 Å². The summed E-state index contributed by atoms with van der Waals surface area (Å²) in [6.07, 6.45) is -8.63. The normalized spacial score (nSPS) is 22.7. The van der Waals surface area contributed by atoms with Crippen molar-refractivity contribution in [2.24, 2.45) is 11.7 Å². The zero-order valence-electron chi connectivity index (χ0n) is 24.1. The molecular formula is C26H34N6O14. The first-order valence-corrected chi connectivity index (χ1v) is 13.7. The monoisotopic (exact) mass is 654 g/mol. The predicted octanol–water partition coefficient (Wildman–Crippen LogP) is -4.64.